The lowest BCUT2D eigenvalue weighted by Crippen LogP contribution is -2.20. The van der Waals surface area contributed by atoms with Gasteiger partial charge in [-0.3, -0.25) is 0 Å². The second-order valence-electron chi connectivity index (χ2n) is 3.99. The van der Waals surface area contributed by atoms with E-state index in [0.717, 1.165) is 5.69 Å². The number of rotatable bonds is 5. The Morgan fingerprint density at radius 2 is 2.12 bits per heavy atom. The summed E-state index contributed by atoms with van der Waals surface area (Å²) in [5.41, 5.74) is 6.35. The molecule has 90 valence electrons. The summed E-state index contributed by atoms with van der Waals surface area (Å²) in [6.45, 7) is 6.00. The molecule has 5 nitrogen and oxygen atoms in total. The van der Waals surface area contributed by atoms with Crippen molar-refractivity contribution in [2.24, 2.45) is 5.73 Å². The molecule has 0 aliphatic heterocycles. The predicted molar refractivity (Wildman–Crippen MR) is 61.4 cm³/mol. The van der Waals surface area contributed by atoms with E-state index < -0.39 is 0 Å². The largest absolute Gasteiger partial charge is 0.475 e. The van der Waals surface area contributed by atoms with Gasteiger partial charge < -0.3 is 15.6 Å². The van der Waals surface area contributed by atoms with Crippen molar-refractivity contribution in [3.05, 3.63) is 17.6 Å². The molecule has 0 radical (unpaired) electrons. The average molecular weight is 225 g/mol. The van der Waals surface area contributed by atoms with E-state index in [1.54, 1.807) is 6.07 Å². The molecule has 0 saturated carbocycles. The van der Waals surface area contributed by atoms with Gasteiger partial charge >= 0.3 is 0 Å². The monoisotopic (exact) mass is 225 g/mol. The van der Waals surface area contributed by atoms with Crippen molar-refractivity contribution in [3.8, 4) is 5.88 Å². The molecule has 3 N–H and O–H groups in total. The van der Waals surface area contributed by atoms with Crippen molar-refractivity contribution >= 4 is 0 Å². The number of aliphatic hydroxyl groups is 1. The van der Waals surface area contributed by atoms with Gasteiger partial charge in [-0.15, -0.1) is 0 Å². The van der Waals surface area contributed by atoms with Crippen LogP contribution in [0.1, 0.15) is 31.3 Å². The van der Waals surface area contributed by atoms with Crippen LogP contribution in [0.25, 0.3) is 0 Å². The first-order chi connectivity index (χ1) is 7.56. The van der Waals surface area contributed by atoms with E-state index in [1.165, 1.54) is 0 Å². The van der Waals surface area contributed by atoms with Crippen molar-refractivity contribution < 1.29 is 9.84 Å². The van der Waals surface area contributed by atoms with Gasteiger partial charge in [0, 0.05) is 18.3 Å². The maximum atomic E-state index is 9.14. The third kappa shape index (κ3) is 3.43. The van der Waals surface area contributed by atoms with Crippen LogP contribution in [-0.2, 0) is 0 Å². The highest BCUT2D eigenvalue weighted by atomic mass is 16.5. The molecular formula is C11H19N3O2. The Morgan fingerprint density at radius 1 is 1.44 bits per heavy atom. The highest BCUT2D eigenvalue weighted by Crippen LogP contribution is 2.16. The standard InChI is InChI=1S/C11H19N3O2/c1-7(2)16-10-4-8(3)13-11(14-10)9(5-12)6-15/h4,7,9,15H,5-6,12H2,1-3H3. The zero-order chi connectivity index (χ0) is 12.1. The fraction of sp³-hybridized carbons (Fsp3) is 0.636. The molecule has 0 spiro atoms. The third-order valence-corrected chi connectivity index (χ3v) is 2.07. The van der Waals surface area contributed by atoms with Crippen LogP contribution in [0.4, 0.5) is 0 Å². The van der Waals surface area contributed by atoms with Crippen molar-refractivity contribution in [2.75, 3.05) is 13.2 Å². The average Bonchev–Trinajstić information content (AvgIpc) is 2.17. The summed E-state index contributed by atoms with van der Waals surface area (Å²) in [5, 5.41) is 9.14. The number of hydrogen-bond acceptors (Lipinski definition) is 5. The van der Waals surface area contributed by atoms with Crippen LogP contribution < -0.4 is 10.5 Å². The smallest absolute Gasteiger partial charge is 0.217 e. The first-order valence-corrected chi connectivity index (χ1v) is 5.40. The molecule has 1 unspecified atom stereocenters. The minimum absolute atomic E-state index is 0.0545. The van der Waals surface area contributed by atoms with Gasteiger partial charge in [-0.1, -0.05) is 0 Å². The van der Waals surface area contributed by atoms with E-state index in [-0.39, 0.29) is 18.6 Å². The first kappa shape index (κ1) is 12.9. The number of aliphatic hydroxyl groups excluding tert-OH is 1. The lowest BCUT2D eigenvalue weighted by atomic mass is 10.1. The predicted octanol–water partition coefficient (Wildman–Crippen LogP) is 0.607. The van der Waals surface area contributed by atoms with Gasteiger partial charge in [0.25, 0.3) is 0 Å². The van der Waals surface area contributed by atoms with E-state index in [2.05, 4.69) is 9.97 Å². The molecule has 0 amide bonds. The first-order valence-electron chi connectivity index (χ1n) is 5.40. The van der Waals surface area contributed by atoms with E-state index in [1.807, 2.05) is 20.8 Å². The Hall–Kier alpha value is -1.20. The van der Waals surface area contributed by atoms with Crippen molar-refractivity contribution in [3.63, 3.8) is 0 Å². The summed E-state index contributed by atoms with van der Waals surface area (Å²) in [4.78, 5) is 8.49. The summed E-state index contributed by atoms with van der Waals surface area (Å²) in [6.07, 6.45) is 0.0626. The normalized spacial score (nSPS) is 12.9. The van der Waals surface area contributed by atoms with Gasteiger partial charge in [0.1, 0.15) is 5.82 Å². The number of aromatic nitrogens is 2. The summed E-state index contributed by atoms with van der Waals surface area (Å²) in [5.74, 6) is 0.847. The summed E-state index contributed by atoms with van der Waals surface area (Å²) in [7, 11) is 0. The molecule has 1 atom stereocenters. The second-order valence-corrected chi connectivity index (χ2v) is 3.99. The Balaban J connectivity index is 2.97. The van der Waals surface area contributed by atoms with Crippen LogP contribution in [0, 0.1) is 6.92 Å². The van der Waals surface area contributed by atoms with Crippen molar-refractivity contribution in [1.29, 1.82) is 0 Å². The number of ether oxygens (including phenoxy) is 1. The Labute approximate surface area is 95.7 Å². The number of hydrogen-bond donors (Lipinski definition) is 2. The number of aryl methyl sites for hydroxylation is 1. The van der Waals surface area contributed by atoms with Gasteiger partial charge in [-0.05, 0) is 20.8 Å². The maximum absolute atomic E-state index is 9.14. The molecule has 0 fully saturated rings. The molecule has 1 heterocycles. The lowest BCUT2D eigenvalue weighted by molar-refractivity contribution is 0.227. The molecule has 0 saturated heterocycles. The SMILES string of the molecule is Cc1cc(OC(C)C)nc(C(CN)CO)n1. The van der Waals surface area contributed by atoms with Gasteiger partial charge in [-0.25, -0.2) is 4.98 Å². The zero-order valence-corrected chi connectivity index (χ0v) is 9.97. The van der Waals surface area contributed by atoms with Crippen LogP contribution in [0.2, 0.25) is 0 Å². The van der Waals surface area contributed by atoms with Gasteiger partial charge in [0.15, 0.2) is 0 Å². The molecule has 0 aromatic carbocycles. The topological polar surface area (TPSA) is 81.3 Å². The van der Waals surface area contributed by atoms with Gasteiger partial charge in [0.05, 0.1) is 18.6 Å². The molecule has 16 heavy (non-hydrogen) atoms. The zero-order valence-electron chi connectivity index (χ0n) is 9.97. The van der Waals surface area contributed by atoms with Crippen LogP contribution in [0.5, 0.6) is 5.88 Å². The maximum Gasteiger partial charge on any atom is 0.217 e. The highest BCUT2D eigenvalue weighted by molar-refractivity contribution is 5.17. The number of nitrogens with zero attached hydrogens (tertiary/aromatic N) is 2. The number of nitrogens with two attached hydrogens (primary N) is 1. The molecule has 1 rings (SSSR count). The van der Waals surface area contributed by atoms with Crippen LogP contribution in [0.15, 0.2) is 6.07 Å². The van der Waals surface area contributed by atoms with Crippen LogP contribution in [-0.4, -0.2) is 34.3 Å². The summed E-state index contributed by atoms with van der Waals surface area (Å²) < 4.78 is 5.50. The van der Waals surface area contributed by atoms with Crippen molar-refractivity contribution in [2.45, 2.75) is 32.8 Å². The Kier molecular flexibility index (Phi) is 4.64. The summed E-state index contributed by atoms with van der Waals surface area (Å²) in [6, 6.07) is 1.77. The second kappa shape index (κ2) is 5.77. The van der Waals surface area contributed by atoms with Crippen LogP contribution in [0.3, 0.4) is 0 Å². The molecule has 0 aliphatic rings. The summed E-state index contributed by atoms with van der Waals surface area (Å²) >= 11 is 0. The van der Waals surface area contributed by atoms with E-state index in [4.69, 9.17) is 15.6 Å². The fourth-order valence-electron chi connectivity index (χ4n) is 1.31. The molecule has 0 aliphatic carbocycles. The third-order valence-electron chi connectivity index (χ3n) is 2.07. The van der Waals surface area contributed by atoms with Gasteiger partial charge in [-0.2, -0.15) is 4.98 Å². The minimum Gasteiger partial charge on any atom is -0.475 e. The fourth-order valence-corrected chi connectivity index (χ4v) is 1.31. The molecular weight excluding hydrogens is 206 g/mol. The highest BCUT2D eigenvalue weighted by Gasteiger charge is 2.14. The van der Waals surface area contributed by atoms with Gasteiger partial charge in [0.2, 0.25) is 5.88 Å². The minimum atomic E-state index is -0.227. The molecule has 1 aromatic heterocycles. The molecule has 1 aromatic rings. The molecule has 5 heteroatoms. The quantitative estimate of drug-likeness (QED) is 0.767. The Morgan fingerprint density at radius 3 is 2.62 bits per heavy atom. The van der Waals surface area contributed by atoms with E-state index in [0.29, 0.717) is 18.2 Å². The van der Waals surface area contributed by atoms with Crippen molar-refractivity contribution in [1.82, 2.24) is 9.97 Å². The Bertz CT molecular complexity index is 338. The van der Waals surface area contributed by atoms with Crippen LogP contribution >= 0.6 is 0 Å². The van der Waals surface area contributed by atoms with E-state index in [9.17, 15) is 0 Å². The lowest BCUT2D eigenvalue weighted by Gasteiger charge is -2.14. The molecule has 0 bridgehead atoms. The van der Waals surface area contributed by atoms with E-state index >= 15 is 0 Å².